The van der Waals surface area contributed by atoms with Gasteiger partial charge >= 0.3 is 0 Å². The Morgan fingerprint density at radius 3 is 2.34 bits per heavy atom. The zero-order valence-corrected chi connectivity index (χ0v) is 19.4. The van der Waals surface area contributed by atoms with Gasteiger partial charge in [0, 0.05) is 35.7 Å². The first kappa shape index (κ1) is 22.1. The molecule has 2 aliphatic rings. The van der Waals surface area contributed by atoms with Crippen molar-refractivity contribution in [3.63, 3.8) is 0 Å². The molecule has 0 radical (unpaired) electrons. The number of carbonyl (C=O) groups excluding carboxylic acids is 2. The lowest BCUT2D eigenvalue weighted by Crippen LogP contribution is -2.43. The highest BCUT2D eigenvalue weighted by Gasteiger charge is 2.44. The molecule has 0 spiro atoms. The lowest BCUT2D eigenvalue weighted by molar-refractivity contribution is -0.121. The predicted octanol–water partition coefficient (Wildman–Crippen LogP) is 6.03. The topological polar surface area (TPSA) is 46.6 Å². The van der Waals surface area contributed by atoms with Crippen molar-refractivity contribution in [1.82, 2.24) is 0 Å². The number of ether oxygens (including phenoxy) is 1. The standard InChI is InChI=1S/C28H31NO3/c1-6-11-32-22-9-7-20(8-10-22)23-15-26(31)29(21-13-18(2)12-19(3)14-21)24-16-28(4,5)17-25(30)27(23)24/h6-10,12-14,23H,1,11,15-17H2,2-5H3. The zero-order chi connectivity index (χ0) is 23.0. The molecule has 4 heteroatoms. The highest BCUT2D eigenvalue weighted by molar-refractivity contribution is 6.07. The molecule has 32 heavy (non-hydrogen) atoms. The van der Waals surface area contributed by atoms with E-state index in [9.17, 15) is 9.59 Å². The van der Waals surface area contributed by atoms with Crippen LogP contribution in [0.5, 0.6) is 5.75 Å². The number of benzene rings is 2. The number of nitrogens with zero attached hydrogens (tertiary/aromatic N) is 1. The maximum absolute atomic E-state index is 13.5. The molecule has 166 valence electrons. The average Bonchev–Trinajstić information content (AvgIpc) is 2.70. The van der Waals surface area contributed by atoms with Gasteiger partial charge in [-0.2, -0.15) is 0 Å². The summed E-state index contributed by atoms with van der Waals surface area (Å²) in [6.07, 6.45) is 3.18. The molecule has 0 saturated carbocycles. The van der Waals surface area contributed by atoms with E-state index in [4.69, 9.17) is 4.74 Å². The van der Waals surface area contributed by atoms with Crippen LogP contribution in [0.15, 0.2) is 66.4 Å². The van der Waals surface area contributed by atoms with E-state index in [1.807, 2.05) is 55.1 Å². The van der Waals surface area contributed by atoms with E-state index in [2.05, 4.69) is 26.5 Å². The van der Waals surface area contributed by atoms with Crippen molar-refractivity contribution in [3.05, 3.63) is 83.1 Å². The van der Waals surface area contributed by atoms with Crippen molar-refractivity contribution in [2.24, 2.45) is 5.41 Å². The molecule has 0 fully saturated rings. The van der Waals surface area contributed by atoms with E-state index in [1.54, 1.807) is 6.08 Å². The maximum atomic E-state index is 13.5. The summed E-state index contributed by atoms with van der Waals surface area (Å²) in [7, 11) is 0. The van der Waals surface area contributed by atoms with Gasteiger partial charge in [-0.15, -0.1) is 0 Å². The number of aryl methyl sites for hydroxylation is 2. The van der Waals surface area contributed by atoms with Gasteiger partial charge < -0.3 is 4.74 Å². The van der Waals surface area contributed by atoms with Crippen LogP contribution in [-0.2, 0) is 9.59 Å². The second kappa shape index (κ2) is 8.42. The Labute approximate surface area is 190 Å². The van der Waals surface area contributed by atoms with Gasteiger partial charge in [0.2, 0.25) is 5.91 Å². The lowest BCUT2D eigenvalue weighted by Gasteiger charge is -2.43. The molecule has 2 aromatic carbocycles. The summed E-state index contributed by atoms with van der Waals surface area (Å²) in [6.45, 7) is 12.4. The van der Waals surface area contributed by atoms with E-state index in [1.165, 1.54) is 0 Å². The normalized spacial score (nSPS) is 20.2. The molecule has 0 bridgehead atoms. The molecule has 4 rings (SSSR count). The molecule has 0 aromatic heterocycles. The van der Waals surface area contributed by atoms with E-state index in [0.29, 0.717) is 19.4 Å². The number of hydrogen-bond acceptors (Lipinski definition) is 3. The summed E-state index contributed by atoms with van der Waals surface area (Å²) >= 11 is 0. The third-order valence-corrected chi connectivity index (χ3v) is 6.26. The van der Waals surface area contributed by atoms with Crippen LogP contribution in [0.4, 0.5) is 5.69 Å². The number of allylic oxidation sites excluding steroid dienone is 2. The summed E-state index contributed by atoms with van der Waals surface area (Å²) in [4.78, 5) is 28.8. The first-order valence-electron chi connectivity index (χ1n) is 11.2. The molecule has 2 aromatic rings. The van der Waals surface area contributed by atoms with E-state index in [-0.39, 0.29) is 29.4 Å². The highest BCUT2D eigenvalue weighted by atomic mass is 16.5. The maximum Gasteiger partial charge on any atom is 0.232 e. The Morgan fingerprint density at radius 1 is 1.06 bits per heavy atom. The van der Waals surface area contributed by atoms with Gasteiger partial charge in [-0.25, -0.2) is 0 Å². The Kier molecular flexibility index (Phi) is 5.81. The summed E-state index contributed by atoms with van der Waals surface area (Å²) in [5.41, 5.74) is 5.52. The molecule has 1 heterocycles. The fraction of sp³-hybridized carbons (Fsp3) is 0.357. The van der Waals surface area contributed by atoms with Crippen LogP contribution >= 0.6 is 0 Å². The fourth-order valence-corrected chi connectivity index (χ4v) is 5.03. The molecule has 1 aliphatic carbocycles. The van der Waals surface area contributed by atoms with Gasteiger partial charge in [-0.3, -0.25) is 14.5 Å². The summed E-state index contributed by atoms with van der Waals surface area (Å²) in [5.74, 6) is 0.709. The Hall–Kier alpha value is -3.14. The fourth-order valence-electron chi connectivity index (χ4n) is 5.03. The van der Waals surface area contributed by atoms with Crippen LogP contribution in [0.25, 0.3) is 0 Å². The first-order chi connectivity index (χ1) is 15.2. The van der Waals surface area contributed by atoms with E-state index in [0.717, 1.165) is 39.4 Å². The molecule has 4 nitrogen and oxygen atoms in total. The Balaban J connectivity index is 1.81. The van der Waals surface area contributed by atoms with Crippen molar-refractivity contribution in [2.75, 3.05) is 11.5 Å². The number of anilines is 1. The second-order valence-corrected chi connectivity index (χ2v) is 9.80. The van der Waals surface area contributed by atoms with Crippen molar-refractivity contribution >= 4 is 17.4 Å². The zero-order valence-electron chi connectivity index (χ0n) is 19.4. The van der Waals surface area contributed by atoms with E-state index < -0.39 is 0 Å². The molecule has 1 aliphatic heterocycles. The van der Waals surface area contributed by atoms with Crippen molar-refractivity contribution in [2.45, 2.75) is 52.9 Å². The number of Topliss-reactive ketones (excluding diaryl/α,β-unsaturated/α-hetero) is 1. The minimum atomic E-state index is -0.225. The Morgan fingerprint density at radius 2 is 1.72 bits per heavy atom. The summed E-state index contributed by atoms with van der Waals surface area (Å²) < 4.78 is 5.60. The molecule has 1 atom stereocenters. The lowest BCUT2D eigenvalue weighted by atomic mass is 9.69. The van der Waals surface area contributed by atoms with Gasteiger partial charge in [-0.05, 0) is 66.6 Å². The monoisotopic (exact) mass is 429 g/mol. The number of amides is 1. The van der Waals surface area contributed by atoms with Crippen molar-refractivity contribution < 1.29 is 14.3 Å². The minimum Gasteiger partial charge on any atom is -0.490 e. The van der Waals surface area contributed by atoms with Crippen LogP contribution in [0, 0.1) is 19.3 Å². The molecule has 0 N–H and O–H groups in total. The first-order valence-corrected chi connectivity index (χ1v) is 11.2. The number of rotatable bonds is 5. The van der Waals surface area contributed by atoms with Crippen molar-refractivity contribution in [3.8, 4) is 5.75 Å². The largest absolute Gasteiger partial charge is 0.490 e. The van der Waals surface area contributed by atoms with Crippen LogP contribution in [0.2, 0.25) is 0 Å². The third-order valence-electron chi connectivity index (χ3n) is 6.26. The molecule has 1 unspecified atom stereocenters. The van der Waals surface area contributed by atoms with Crippen LogP contribution in [0.1, 0.15) is 55.7 Å². The van der Waals surface area contributed by atoms with Crippen molar-refractivity contribution in [1.29, 1.82) is 0 Å². The van der Waals surface area contributed by atoms with Crippen LogP contribution in [-0.4, -0.2) is 18.3 Å². The van der Waals surface area contributed by atoms with Gasteiger partial charge in [0.15, 0.2) is 5.78 Å². The number of hydrogen-bond donors (Lipinski definition) is 0. The van der Waals surface area contributed by atoms with Gasteiger partial charge in [0.05, 0.1) is 0 Å². The van der Waals surface area contributed by atoms with Gasteiger partial charge in [-0.1, -0.05) is 44.7 Å². The molecule has 0 saturated heterocycles. The van der Waals surface area contributed by atoms with Gasteiger partial charge in [0.1, 0.15) is 12.4 Å². The molecular weight excluding hydrogens is 398 g/mol. The smallest absolute Gasteiger partial charge is 0.232 e. The molecule has 1 amide bonds. The Bertz CT molecular complexity index is 1090. The summed E-state index contributed by atoms with van der Waals surface area (Å²) in [6, 6.07) is 13.9. The highest BCUT2D eigenvalue weighted by Crippen LogP contribution is 2.48. The second-order valence-electron chi connectivity index (χ2n) is 9.80. The number of ketones is 1. The average molecular weight is 430 g/mol. The van der Waals surface area contributed by atoms with E-state index >= 15 is 0 Å². The summed E-state index contributed by atoms with van der Waals surface area (Å²) in [5, 5.41) is 0. The quantitative estimate of drug-likeness (QED) is 0.545. The molecular formula is C28H31NO3. The van der Waals surface area contributed by atoms with Gasteiger partial charge in [0.25, 0.3) is 0 Å². The predicted molar refractivity (Wildman–Crippen MR) is 128 cm³/mol. The third kappa shape index (κ3) is 4.27. The number of carbonyl (C=O) groups is 2. The van der Waals surface area contributed by atoms with Crippen LogP contribution < -0.4 is 9.64 Å². The minimum absolute atomic E-state index is 0.0382. The SMILES string of the molecule is C=CCOc1ccc(C2CC(=O)N(c3cc(C)cc(C)c3)C3=C2C(=O)CC(C)(C)C3)cc1. The van der Waals surface area contributed by atoms with Crippen LogP contribution in [0.3, 0.4) is 0 Å².